The van der Waals surface area contributed by atoms with E-state index >= 15 is 0 Å². The van der Waals surface area contributed by atoms with Crippen LogP contribution in [0.3, 0.4) is 0 Å². The van der Waals surface area contributed by atoms with Crippen LogP contribution in [0.1, 0.15) is 5.56 Å². The highest BCUT2D eigenvalue weighted by Gasteiger charge is 2.00. The molecule has 0 heterocycles. The summed E-state index contributed by atoms with van der Waals surface area (Å²) in [5.74, 6) is -0.215. The highest BCUT2D eigenvalue weighted by atomic mass is 32.2. The van der Waals surface area contributed by atoms with E-state index in [4.69, 9.17) is 5.73 Å². The molecule has 0 aliphatic rings. The van der Waals surface area contributed by atoms with Gasteiger partial charge in [0, 0.05) is 15.5 Å². The van der Waals surface area contributed by atoms with Gasteiger partial charge in [-0.05, 0) is 55.0 Å². The first-order valence-electron chi connectivity index (χ1n) is 4.94. The van der Waals surface area contributed by atoms with Crippen molar-refractivity contribution >= 4 is 17.4 Å². The summed E-state index contributed by atoms with van der Waals surface area (Å²) < 4.78 is 12.7. The molecule has 82 valence electrons. The molecule has 2 rings (SSSR count). The zero-order valence-electron chi connectivity index (χ0n) is 8.91. The molecule has 0 atom stereocenters. The van der Waals surface area contributed by atoms with Crippen molar-refractivity contribution < 1.29 is 4.39 Å². The third-order valence-electron chi connectivity index (χ3n) is 2.12. The first-order valence-corrected chi connectivity index (χ1v) is 5.76. The summed E-state index contributed by atoms with van der Waals surface area (Å²) in [5.41, 5.74) is 7.65. The zero-order chi connectivity index (χ0) is 11.5. The highest BCUT2D eigenvalue weighted by Crippen LogP contribution is 2.29. The van der Waals surface area contributed by atoms with Crippen molar-refractivity contribution in [2.75, 3.05) is 5.73 Å². The van der Waals surface area contributed by atoms with Gasteiger partial charge in [-0.15, -0.1) is 0 Å². The Balaban J connectivity index is 2.23. The largest absolute Gasteiger partial charge is 0.399 e. The molecule has 0 spiro atoms. The molecule has 1 nitrogen and oxygen atoms in total. The van der Waals surface area contributed by atoms with Crippen molar-refractivity contribution in [1.29, 1.82) is 0 Å². The standard InChI is InChI=1S/C13H12FNS/c1-9-6-11(15)8-13(7-9)16-12-4-2-10(14)3-5-12/h2-8H,15H2,1H3. The average Bonchev–Trinajstić information content (AvgIpc) is 2.20. The minimum atomic E-state index is -0.215. The van der Waals surface area contributed by atoms with E-state index in [0.717, 1.165) is 21.0 Å². The van der Waals surface area contributed by atoms with Crippen molar-refractivity contribution in [2.45, 2.75) is 16.7 Å². The summed E-state index contributed by atoms with van der Waals surface area (Å²) in [4.78, 5) is 2.08. The number of anilines is 1. The Hall–Kier alpha value is -1.48. The molecule has 0 aromatic heterocycles. The summed E-state index contributed by atoms with van der Waals surface area (Å²) in [7, 11) is 0. The molecule has 0 aliphatic carbocycles. The Kier molecular flexibility index (Phi) is 3.15. The van der Waals surface area contributed by atoms with Crippen LogP contribution in [0.5, 0.6) is 0 Å². The average molecular weight is 233 g/mol. The maximum atomic E-state index is 12.7. The smallest absolute Gasteiger partial charge is 0.123 e. The molecule has 0 saturated heterocycles. The van der Waals surface area contributed by atoms with Crippen molar-refractivity contribution in [1.82, 2.24) is 0 Å². The number of rotatable bonds is 2. The van der Waals surface area contributed by atoms with E-state index < -0.39 is 0 Å². The number of hydrogen-bond donors (Lipinski definition) is 1. The van der Waals surface area contributed by atoms with Crippen LogP contribution in [-0.2, 0) is 0 Å². The fourth-order valence-electron chi connectivity index (χ4n) is 1.47. The predicted molar refractivity (Wildman–Crippen MR) is 66.1 cm³/mol. The molecule has 2 aromatic rings. The van der Waals surface area contributed by atoms with Gasteiger partial charge in [0.1, 0.15) is 5.82 Å². The third-order valence-corrected chi connectivity index (χ3v) is 3.10. The molecule has 0 unspecified atom stereocenters. The van der Waals surface area contributed by atoms with Crippen LogP contribution in [0, 0.1) is 12.7 Å². The summed E-state index contributed by atoms with van der Waals surface area (Å²) >= 11 is 1.58. The fourth-order valence-corrected chi connectivity index (χ4v) is 2.46. The maximum absolute atomic E-state index is 12.7. The van der Waals surface area contributed by atoms with Crippen molar-refractivity contribution in [3.05, 3.63) is 53.8 Å². The van der Waals surface area contributed by atoms with Gasteiger partial charge >= 0.3 is 0 Å². The van der Waals surface area contributed by atoms with E-state index in [1.807, 2.05) is 19.1 Å². The number of nitrogens with two attached hydrogens (primary N) is 1. The minimum Gasteiger partial charge on any atom is -0.399 e. The predicted octanol–water partition coefficient (Wildman–Crippen LogP) is 3.87. The fraction of sp³-hybridized carbons (Fsp3) is 0.0769. The van der Waals surface area contributed by atoms with Gasteiger partial charge in [-0.1, -0.05) is 11.8 Å². The molecular weight excluding hydrogens is 221 g/mol. The lowest BCUT2D eigenvalue weighted by Gasteiger charge is -2.04. The summed E-state index contributed by atoms with van der Waals surface area (Å²) in [6.45, 7) is 2.01. The van der Waals surface area contributed by atoms with Gasteiger partial charge in [0.25, 0.3) is 0 Å². The van der Waals surface area contributed by atoms with Crippen LogP contribution in [0.2, 0.25) is 0 Å². The normalized spacial score (nSPS) is 10.4. The molecule has 0 radical (unpaired) electrons. The first-order chi connectivity index (χ1) is 7.63. The van der Waals surface area contributed by atoms with Gasteiger partial charge in [0.05, 0.1) is 0 Å². The summed E-state index contributed by atoms with van der Waals surface area (Å²) in [6.07, 6.45) is 0. The second-order valence-corrected chi connectivity index (χ2v) is 4.78. The maximum Gasteiger partial charge on any atom is 0.123 e. The Morgan fingerprint density at radius 3 is 2.31 bits per heavy atom. The molecule has 2 N–H and O–H groups in total. The third kappa shape index (κ3) is 2.76. The lowest BCUT2D eigenvalue weighted by atomic mass is 10.2. The molecule has 16 heavy (non-hydrogen) atoms. The SMILES string of the molecule is Cc1cc(N)cc(Sc2ccc(F)cc2)c1. The highest BCUT2D eigenvalue weighted by molar-refractivity contribution is 7.99. The molecule has 2 aromatic carbocycles. The molecular formula is C13H12FNS. The van der Waals surface area contributed by atoms with Crippen molar-refractivity contribution in [2.24, 2.45) is 0 Å². The quantitative estimate of drug-likeness (QED) is 0.797. The van der Waals surface area contributed by atoms with E-state index in [2.05, 4.69) is 6.07 Å². The van der Waals surface area contributed by atoms with Crippen LogP contribution in [-0.4, -0.2) is 0 Å². The number of halogens is 1. The van der Waals surface area contributed by atoms with E-state index in [9.17, 15) is 4.39 Å². The van der Waals surface area contributed by atoms with Crippen LogP contribution in [0.4, 0.5) is 10.1 Å². The second-order valence-electron chi connectivity index (χ2n) is 3.64. The van der Waals surface area contributed by atoms with Crippen molar-refractivity contribution in [3.63, 3.8) is 0 Å². The Morgan fingerprint density at radius 1 is 1.00 bits per heavy atom. The Labute approximate surface area is 98.5 Å². The van der Waals surface area contributed by atoms with E-state index in [0.29, 0.717) is 0 Å². The molecule has 0 aliphatic heterocycles. The summed E-state index contributed by atoms with van der Waals surface area (Å²) in [6, 6.07) is 12.3. The van der Waals surface area contributed by atoms with Crippen LogP contribution in [0.25, 0.3) is 0 Å². The monoisotopic (exact) mass is 233 g/mol. The number of benzene rings is 2. The Morgan fingerprint density at radius 2 is 1.69 bits per heavy atom. The lowest BCUT2D eigenvalue weighted by molar-refractivity contribution is 0.626. The van der Waals surface area contributed by atoms with Gasteiger partial charge < -0.3 is 5.73 Å². The van der Waals surface area contributed by atoms with E-state index in [1.54, 1.807) is 23.9 Å². The van der Waals surface area contributed by atoms with E-state index in [1.165, 1.54) is 12.1 Å². The zero-order valence-corrected chi connectivity index (χ0v) is 9.72. The number of hydrogen-bond acceptors (Lipinski definition) is 2. The van der Waals surface area contributed by atoms with Crippen LogP contribution < -0.4 is 5.73 Å². The molecule has 0 saturated carbocycles. The van der Waals surface area contributed by atoms with Gasteiger partial charge in [-0.3, -0.25) is 0 Å². The number of aryl methyl sites for hydroxylation is 1. The first kappa shape index (κ1) is 11.0. The second kappa shape index (κ2) is 4.58. The molecule has 0 amide bonds. The minimum absolute atomic E-state index is 0.215. The van der Waals surface area contributed by atoms with Crippen molar-refractivity contribution in [3.8, 4) is 0 Å². The molecule has 3 heteroatoms. The van der Waals surface area contributed by atoms with Gasteiger partial charge in [-0.2, -0.15) is 0 Å². The number of nitrogen functional groups attached to an aromatic ring is 1. The summed E-state index contributed by atoms with van der Waals surface area (Å²) in [5, 5.41) is 0. The van der Waals surface area contributed by atoms with E-state index in [-0.39, 0.29) is 5.82 Å². The van der Waals surface area contributed by atoms with Crippen LogP contribution >= 0.6 is 11.8 Å². The topological polar surface area (TPSA) is 26.0 Å². The molecule has 0 fully saturated rings. The molecule has 0 bridgehead atoms. The van der Waals surface area contributed by atoms with Crippen LogP contribution in [0.15, 0.2) is 52.3 Å². The van der Waals surface area contributed by atoms with Gasteiger partial charge in [0.2, 0.25) is 0 Å². The van der Waals surface area contributed by atoms with Gasteiger partial charge in [-0.25, -0.2) is 4.39 Å². The lowest BCUT2D eigenvalue weighted by Crippen LogP contribution is -1.86. The van der Waals surface area contributed by atoms with Gasteiger partial charge in [0.15, 0.2) is 0 Å². The Bertz CT molecular complexity index is 474.